The van der Waals surface area contributed by atoms with Crippen LogP contribution < -0.4 is 10.6 Å². The smallest absolute Gasteiger partial charge is 0.319 e. The van der Waals surface area contributed by atoms with Gasteiger partial charge in [0.05, 0.1) is 0 Å². The number of carbonyl (C=O) groups excluding carboxylic acids is 2. The van der Waals surface area contributed by atoms with Crippen LogP contribution in [0.3, 0.4) is 0 Å². The molecule has 1 aliphatic rings. The molecule has 0 aliphatic carbocycles. The Morgan fingerprint density at radius 3 is 2.48 bits per heavy atom. The number of urea groups is 1. The van der Waals surface area contributed by atoms with Crippen LogP contribution in [0.1, 0.15) is 30.9 Å². The van der Waals surface area contributed by atoms with Gasteiger partial charge < -0.3 is 15.5 Å². The van der Waals surface area contributed by atoms with E-state index in [2.05, 4.69) is 17.6 Å². The average Bonchev–Trinajstić information content (AvgIpc) is 2.66. The molecule has 1 atom stereocenters. The fourth-order valence-corrected chi connectivity index (χ4v) is 3.25. The van der Waals surface area contributed by atoms with Crippen molar-refractivity contribution in [3.63, 3.8) is 0 Å². The minimum Gasteiger partial charge on any atom is -0.338 e. The third kappa shape index (κ3) is 5.73. The van der Waals surface area contributed by atoms with Gasteiger partial charge in [-0.25, -0.2) is 4.79 Å². The molecular weight excluding hydrogens is 362 g/mol. The van der Waals surface area contributed by atoms with Gasteiger partial charge in [-0.1, -0.05) is 42.8 Å². The molecule has 0 spiro atoms. The SMILES string of the molecule is C[C@@H]1CCC(=O)N(Cc2ccc(NC(=O)NCc3ccc(Cl)cc3)cc2)C1. The molecule has 2 aromatic rings. The Kier molecular flexibility index (Phi) is 6.35. The normalized spacial score (nSPS) is 16.9. The molecule has 0 saturated carbocycles. The summed E-state index contributed by atoms with van der Waals surface area (Å²) in [4.78, 5) is 26.0. The van der Waals surface area contributed by atoms with Gasteiger partial charge in [0.2, 0.25) is 5.91 Å². The van der Waals surface area contributed by atoms with Crippen LogP contribution in [-0.4, -0.2) is 23.4 Å². The van der Waals surface area contributed by atoms with Gasteiger partial charge in [0.25, 0.3) is 0 Å². The van der Waals surface area contributed by atoms with E-state index in [1.54, 1.807) is 12.1 Å². The Morgan fingerprint density at radius 1 is 1.11 bits per heavy atom. The molecule has 1 fully saturated rings. The zero-order chi connectivity index (χ0) is 19.2. The van der Waals surface area contributed by atoms with Crippen molar-refractivity contribution in [1.82, 2.24) is 10.2 Å². The Labute approximate surface area is 164 Å². The highest BCUT2D eigenvalue weighted by Crippen LogP contribution is 2.20. The fourth-order valence-electron chi connectivity index (χ4n) is 3.12. The van der Waals surface area contributed by atoms with Gasteiger partial charge in [-0.3, -0.25) is 4.79 Å². The maximum absolute atomic E-state index is 12.0. The number of likely N-dealkylation sites (tertiary alicyclic amines) is 1. The molecule has 5 nitrogen and oxygen atoms in total. The Hall–Kier alpha value is -2.53. The lowest BCUT2D eigenvalue weighted by Crippen LogP contribution is -2.38. The largest absolute Gasteiger partial charge is 0.338 e. The van der Waals surface area contributed by atoms with Crippen LogP contribution in [0.5, 0.6) is 0 Å². The second kappa shape index (κ2) is 8.91. The van der Waals surface area contributed by atoms with E-state index in [9.17, 15) is 9.59 Å². The van der Waals surface area contributed by atoms with Gasteiger partial charge in [-0.2, -0.15) is 0 Å². The van der Waals surface area contributed by atoms with E-state index in [-0.39, 0.29) is 11.9 Å². The van der Waals surface area contributed by atoms with Crippen LogP contribution in [0, 0.1) is 5.92 Å². The molecule has 3 rings (SSSR count). The van der Waals surface area contributed by atoms with E-state index in [4.69, 9.17) is 11.6 Å². The summed E-state index contributed by atoms with van der Waals surface area (Å²) in [5.41, 5.74) is 2.75. The predicted molar refractivity (Wildman–Crippen MR) is 108 cm³/mol. The quantitative estimate of drug-likeness (QED) is 0.800. The van der Waals surface area contributed by atoms with Crippen molar-refractivity contribution in [1.29, 1.82) is 0 Å². The maximum atomic E-state index is 12.0. The number of nitrogens with one attached hydrogen (secondary N) is 2. The molecule has 1 aliphatic heterocycles. The molecule has 0 bridgehead atoms. The topological polar surface area (TPSA) is 61.4 Å². The predicted octanol–water partition coefficient (Wildman–Crippen LogP) is 4.42. The lowest BCUT2D eigenvalue weighted by Gasteiger charge is -2.31. The summed E-state index contributed by atoms with van der Waals surface area (Å²) in [7, 11) is 0. The summed E-state index contributed by atoms with van der Waals surface area (Å²) in [5.74, 6) is 0.768. The summed E-state index contributed by atoms with van der Waals surface area (Å²) < 4.78 is 0. The van der Waals surface area contributed by atoms with Crippen molar-refractivity contribution in [2.24, 2.45) is 5.92 Å². The molecule has 0 radical (unpaired) electrons. The monoisotopic (exact) mass is 385 g/mol. The molecule has 1 saturated heterocycles. The van der Waals surface area contributed by atoms with Crippen molar-refractivity contribution >= 4 is 29.2 Å². The fraction of sp³-hybridized carbons (Fsp3) is 0.333. The first-order chi connectivity index (χ1) is 13.0. The first kappa shape index (κ1) is 19.2. The van der Waals surface area contributed by atoms with Crippen LogP contribution in [0.15, 0.2) is 48.5 Å². The molecule has 3 amide bonds. The summed E-state index contributed by atoms with van der Waals surface area (Å²) in [6.45, 7) is 4.03. The highest BCUT2D eigenvalue weighted by Gasteiger charge is 2.22. The zero-order valence-corrected chi connectivity index (χ0v) is 16.1. The van der Waals surface area contributed by atoms with Crippen LogP contribution in [0.4, 0.5) is 10.5 Å². The summed E-state index contributed by atoms with van der Waals surface area (Å²) in [6, 6.07) is 14.7. The van der Waals surface area contributed by atoms with Crippen LogP contribution in [0.2, 0.25) is 5.02 Å². The van der Waals surface area contributed by atoms with Crippen molar-refractivity contribution in [3.8, 4) is 0 Å². The van der Waals surface area contributed by atoms with E-state index in [0.717, 1.165) is 24.1 Å². The molecule has 2 aromatic carbocycles. The number of benzene rings is 2. The lowest BCUT2D eigenvalue weighted by atomic mass is 9.99. The maximum Gasteiger partial charge on any atom is 0.319 e. The summed E-state index contributed by atoms with van der Waals surface area (Å²) in [5, 5.41) is 6.30. The zero-order valence-electron chi connectivity index (χ0n) is 15.4. The van der Waals surface area contributed by atoms with Crippen LogP contribution in [0.25, 0.3) is 0 Å². The third-order valence-corrected chi connectivity index (χ3v) is 4.94. The van der Waals surface area contributed by atoms with E-state index in [0.29, 0.717) is 36.1 Å². The van der Waals surface area contributed by atoms with Crippen molar-refractivity contribution in [3.05, 3.63) is 64.7 Å². The van der Waals surface area contributed by atoms with Crippen LogP contribution in [-0.2, 0) is 17.9 Å². The second-order valence-corrected chi connectivity index (χ2v) is 7.49. The van der Waals surface area contributed by atoms with Gasteiger partial charge in [0, 0.05) is 36.8 Å². The highest BCUT2D eigenvalue weighted by atomic mass is 35.5. The van der Waals surface area contributed by atoms with Crippen molar-refractivity contribution < 1.29 is 9.59 Å². The third-order valence-electron chi connectivity index (χ3n) is 4.69. The first-order valence-electron chi connectivity index (χ1n) is 9.15. The number of halogens is 1. The number of hydrogen-bond donors (Lipinski definition) is 2. The number of anilines is 1. The van der Waals surface area contributed by atoms with Gasteiger partial charge >= 0.3 is 6.03 Å². The number of amides is 3. The van der Waals surface area contributed by atoms with Gasteiger partial charge in [-0.15, -0.1) is 0 Å². The molecule has 142 valence electrons. The first-order valence-corrected chi connectivity index (χ1v) is 9.53. The number of nitrogens with zero attached hydrogens (tertiary/aromatic N) is 1. The summed E-state index contributed by atoms with van der Waals surface area (Å²) in [6.07, 6.45) is 1.61. The van der Waals surface area contributed by atoms with Gasteiger partial charge in [0.15, 0.2) is 0 Å². The van der Waals surface area contributed by atoms with E-state index < -0.39 is 0 Å². The molecule has 0 unspecified atom stereocenters. The molecule has 2 N–H and O–H groups in total. The molecule has 1 heterocycles. The van der Waals surface area contributed by atoms with Gasteiger partial charge in [-0.05, 0) is 47.7 Å². The Morgan fingerprint density at radius 2 is 1.78 bits per heavy atom. The Bertz CT molecular complexity index is 790. The average molecular weight is 386 g/mol. The highest BCUT2D eigenvalue weighted by molar-refractivity contribution is 6.30. The Balaban J connectivity index is 1.48. The lowest BCUT2D eigenvalue weighted by molar-refractivity contribution is -0.135. The minimum atomic E-state index is -0.266. The molecule has 6 heteroatoms. The van der Waals surface area contributed by atoms with E-state index >= 15 is 0 Å². The number of piperidine rings is 1. The summed E-state index contributed by atoms with van der Waals surface area (Å²) >= 11 is 5.85. The van der Waals surface area contributed by atoms with E-state index in [1.807, 2.05) is 41.3 Å². The van der Waals surface area contributed by atoms with Crippen LogP contribution >= 0.6 is 11.6 Å². The number of hydrogen-bond acceptors (Lipinski definition) is 2. The van der Waals surface area contributed by atoms with Crippen molar-refractivity contribution in [2.75, 3.05) is 11.9 Å². The molecule has 0 aromatic heterocycles. The number of carbonyl (C=O) groups is 2. The van der Waals surface area contributed by atoms with E-state index in [1.165, 1.54) is 0 Å². The molecule has 27 heavy (non-hydrogen) atoms. The van der Waals surface area contributed by atoms with Gasteiger partial charge in [0.1, 0.15) is 0 Å². The second-order valence-electron chi connectivity index (χ2n) is 7.05. The standard InChI is InChI=1S/C21H24ClN3O2/c1-15-2-11-20(26)25(13-15)14-17-5-9-19(10-6-17)24-21(27)23-12-16-3-7-18(22)8-4-16/h3-10,15H,2,11-14H2,1H3,(H2,23,24,27)/t15-/m1/s1. The molecular formula is C21H24ClN3O2. The minimum absolute atomic E-state index is 0.219. The number of rotatable bonds is 5. The van der Waals surface area contributed by atoms with Crippen molar-refractivity contribution in [2.45, 2.75) is 32.9 Å².